The smallest absolute Gasteiger partial charge is 0.315 e. The van der Waals surface area contributed by atoms with E-state index < -0.39 is 0 Å². The molecule has 3 rings (SSSR count). The summed E-state index contributed by atoms with van der Waals surface area (Å²) in [4.78, 5) is 26.5. The summed E-state index contributed by atoms with van der Waals surface area (Å²) in [7, 11) is 0. The van der Waals surface area contributed by atoms with Gasteiger partial charge in [-0.2, -0.15) is 0 Å². The highest BCUT2D eigenvalue weighted by molar-refractivity contribution is 5.94. The van der Waals surface area contributed by atoms with E-state index in [-0.39, 0.29) is 11.9 Å². The molecule has 2 aromatic carbocycles. The van der Waals surface area contributed by atoms with E-state index in [1.165, 1.54) is 12.0 Å². The molecule has 1 saturated heterocycles. The molecule has 0 aromatic heterocycles. The Morgan fingerprint density at radius 3 is 2.52 bits per heavy atom. The number of urea groups is 1. The second kappa shape index (κ2) is 10.5. The van der Waals surface area contributed by atoms with E-state index in [0.29, 0.717) is 25.3 Å². The van der Waals surface area contributed by atoms with E-state index in [0.717, 1.165) is 37.2 Å². The molecule has 3 amide bonds. The lowest BCUT2D eigenvalue weighted by Gasteiger charge is -2.26. The van der Waals surface area contributed by atoms with Crippen molar-refractivity contribution in [2.24, 2.45) is 0 Å². The quantitative estimate of drug-likeness (QED) is 0.705. The molecule has 1 fully saturated rings. The number of carbonyl (C=O) groups is 2. The summed E-state index contributed by atoms with van der Waals surface area (Å²) in [5.74, 6) is 0.859. The summed E-state index contributed by atoms with van der Waals surface area (Å²) in [5, 5.41) is 5.59. The summed E-state index contributed by atoms with van der Waals surface area (Å²) in [6.45, 7) is 4.85. The SMILES string of the molecule is Cc1ccc(OCCNC(=O)NCc2cccc(C(=O)N3CCCCC3)c2)cc1. The van der Waals surface area contributed by atoms with Gasteiger partial charge in [-0.25, -0.2) is 4.79 Å². The molecule has 0 atom stereocenters. The number of likely N-dealkylation sites (tertiary alicyclic amines) is 1. The lowest BCUT2D eigenvalue weighted by atomic mass is 10.1. The number of benzene rings is 2. The normalized spacial score (nSPS) is 13.6. The van der Waals surface area contributed by atoms with Gasteiger partial charge in [0.25, 0.3) is 5.91 Å². The van der Waals surface area contributed by atoms with Crippen LogP contribution in [0.4, 0.5) is 4.79 Å². The lowest BCUT2D eigenvalue weighted by Crippen LogP contribution is -2.37. The fraction of sp³-hybridized carbons (Fsp3) is 0.391. The van der Waals surface area contributed by atoms with Crippen molar-refractivity contribution < 1.29 is 14.3 Å². The number of amides is 3. The third kappa shape index (κ3) is 6.52. The van der Waals surface area contributed by atoms with Crippen LogP contribution >= 0.6 is 0 Å². The minimum atomic E-state index is -0.259. The average Bonchev–Trinajstić information content (AvgIpc) is 2.77. The highest BCUT2D eigenvalue weighted by Gasteiger charge is 2.18. The van der Waals surface area contributed by atoms with Gasteiger partial charge in [-0.15, -0.1) is 0 Å². The van der Waals surface area contributed by atoms with Gasteiger partial charge in [0, 0.05) is 25.2 Å². The first-order chi connectivity index (χ1) is 14.1. The Morgan fingerprint density at radius 1 is 1.00 bits per heavy atom. The standard InChI is InChI=1S/C23H29N3O3/c1-18-8-10-21(11-9-18)29-15-12-24-23(28)25-17-19-6-5-7-20(16-19)22(27)26-13-3-2-4-14-26/h5-11,16H,2-4,12-15,17H2,1H3,(H2,24,25,28). The predicted molar refractivity (Wildman–Crippen MR) is 113 cm³/mol. The molecule has 2 N–H and O–H groups in total. The van der Waals surface area contributed by atoms with Crippen molar-refractivity contribution in [1.29, 1.82) is 0 Å². The number of rotatable bonds is 7. The zero-order chi connectivity index (χ0) is 20.5. The predicted octanol–water partition coefficient (Wildman–Crippen LogP) is 3.50. The molecule has 0 spiro atoms. The molecule has 0 bridgehead atoms. The summed E-state index contributed by atoms with van der Waals surface area (Å²) < 4.78 is 5.59. The molecule has 0 saturated carbocycles. The van der Waals surface area contributed by atoms with E-state index in [9.17, 15) is 9.59 Å². The molecule has 6 heteroatoms. The Morgan fingerprint density at radius 2 is 1.76 bits per heavy atom. The van der Waals surface area contributed by atoms with Gasteiger partial charge in [0.2, 0.25) is 0 Å². The van der Waals surface area contributed by atoms with E-state index in [4.69, 9.17) is 4.74 Å². The Labute approximate surface area is 172 Å². The third-order valence-corrected chi connectivity index (χ3v) is 4.95. The van der Waals surface area contributed by atoms with Crippen LogP contribution < -0.4 is 15.4 Å². The van der Waals surface area contributed by atoms with Crippen LogP contribution in [0.25, 0.3) is 0 Å². The van der Waals surface area contributed by atoms with Crippen LogP contribution in [0.2, 0.25) is 0 Å². The second-order valence-electron chi connectivity index (χ2n) is 7.32. The van der Waals surface area contributed by atoms with Crippen molar-refractivity contribution in [2.45, 2.75) is 32.7 Å². The molecule has 1 aliphatic rings. The Kier molecular flexibility index (Phi) is 7.50. The van der Waals surface area contributed by atoms with Gasteiger partial charge in [-0.1, -0.05) is 29.8 Å². The lowest BCUT2D eigenvalue weighted by molar-refractivity contribution is 0.0724. The molecule has 1 aliphatic heterocycles. The largest absolute Gasteiger partial charge is 0.492 e. The Hall–Kier alpha value is -3.02. The van der Waals surface area contributed by atoms with Gasteiger partial charge in [-0.3, -0.25) is 4.79 Å². The third-order valence-electron chi connectivity index (χ3n) is 4.95. The summed E-state index contributed by atoms with van der Waals surface area (Å²) in [5.41, 5.74) is 2.76. The number of hydrogen-bond donors (Lipinski definition) is 2. The van der Waals surface area contributed by atoms with Crippen LogP contribution in [0, 0.1) is 6.92 Å². The molecule has 6 nitrogen and oxygen atoms in total. The van der Waals surface area contributed by atoms with Crippen molar-refractivity contribution in [3.63, 3.8) is 0 Å². The maximum Gasteiger partial charge on any atom is 0.315 e. The number of ether oxygens (including phenoxy) is 1. The topological polar surface area (TPSA) is 70.7 Å². The van der Waals surface area contributed by atoms with Crippen LogP contribution in [0.15, 0.2) is 48.5 Å². The van der Waals surface area contributed by atoms with Gasteiger partial charge >= 0.3 is 6.03 Å². The Bertz CT molecular complexity index is 814. The summed E-state index contributed by atoms with van der Waals surface area (Å²) in [6, 6.07) is 15.0. The van der Waals surface area contributed by atoms with Crippen molar-refractivity contribution in [3.8, 4) is 5.75 Å². The maximum atomic E-state index is 12.6. The molecule has 29 heavy (non-hydrogen) atoms. The molecule has 2 aromatic rings. The minimum absolute atomic E-state index is 0.0734. The molecular weight excluding hydrogens is 366 g/mol. The highest BCUT2D eigenvalue weighted by atomic mass is 16.5. The fourth-order valence-electron chi connectivity index (χ4n) is 3.31. The van der Waals surface area contributed by atoms with Crippen molar-refractivity contribution in [3.05, 3.63) is 65.2 Å². The fourth-order valence-corrected chi connectivity index (χ4v) is 3.31. The van der Waals surface area contributed by atoms with Crippen molar-refractivity contribution in [1.82, 2.24) is 15.5 Å². The first-order valence-electron chi connectivity index (χ1n) is 10.2. The van der Waals surface area contributed by atoms with Crippen LogP contribution in [0.1, 0.15) is 40.7 Å². The van der Waals surface area contributed by atoms with Gasteiger partial charge in [0.15, 0.2) is 0 Å². The zero-order valence-electron chi connectivity index (χ0n) is 16.9. The molecule has 0 aliphatic carbocycles. The number of piperidine rings is 1. The molecule has 154 valence electrons. The van der Waals surface area contributed by atoms with Crippen LogP contribution in [0.3, 0.4) is 0 Å². The van der Waals surface area contributed by atoms with Crippen LogP contribution in [-0.4, -0.2) is 43.1 Å². The van der Waals surface area contributed by atoms with E-state index in [1.54, 1.807) is 0 Å². The van der Waals surface area contributed by atoms with E-state index in [2.05, 4.69) is 10.6 Å². The molecule has 0 radical (unpaired) electrons. The second-order valence-corrected chi connectivity index (χ2v) is 7.32. The number of hydrogen-bond acceptors (Lipinski definition) is 3. The van der Waals surface area contributed by atoms with Crippen LogP contribution in [0.5, 0.6) is 5.75 Å². The number of carbonyl (C=O) groups excluding carboxylic acids is 2. The van der Waals surface area contributed by atoms with E-state index in [1.807, 2.05) is 60.4 Å². The number of aryl methyl sites for hydroxylation is 1. The first kappa shape index (κ1) is 20.7. The molecular formula is C23H29N3O3. The zero-order valence-corrected chi connectivity index (χ0v) is 16.9. The number of nitrogens with zero attached hydrogens (tertiary/aromatic N) is 1. The summed E-state index contributed by atoms with van der Waals surface area (Å²) >= 11 is 0. The summed E-state index contributed by atoms with van der Waals surface area (Å²) in [6.07, 6.45) is 3.33. The minimum Gasteiger partial charge on any atom is -0.492 e. The monoisotopic (exact) mass is 395 g/mol. The van der Waals surface area contributed by atoms with E-state index >= 15 is 0 Å². The van der Waals surface area contributed by atoms with Gasteiger partial charge < -0.3 is 20.3 Å². The van der Waals surface area contributed by atoms with Crippen molar-refractivity contribution in [2.75, 3.05) is 26.2 Å². The average molecular weight is 396 g/mol. The van der Waals surface area contributed by atoms with Crippen LogP contribution in [-0.2, 0) is 6.54 Å². The highest BCUT2D eigenvalue weighted by Crippen LogP contribution is 2.14. The maximum absolute atomic E-state index is 12.6. The molecule has 1 heterocycles. The van der Waals surface area contributed by atoms with Gasteiger partial charge in [0.1, 0.15) is 12.4 Å². The van der Waals surface area contributed by atoms with Gasteiger partial charge in [0.05, 0.1) is 6.54 Å². The van der Waals surface area contributed by atoms with Gasteiger partial charge in [-0.05, 0) is 56.0 Å². The van der Waals surface area contributed by atoms with Crippen molar-refractivity contribution >= 4 is 11.9 Å². The first-order valence-corrected chi connectivity index (χ1v) is 10.2. The molecule has 0 unspecified atom stereocenters. The Balaban J connectivity index is 1.39. The number of nitrogens with one attached hydrogen (secondary N) is 2.